The topological polar surface area (TPSA) is 107 Å². The summed E-state index contributed by atoms with van der Waals surface area (Å²) in [5.41, 5.74) is 3.91. The van der Waals surface area contributed by atoms with Crippen LogP contribution in [0.15, 0.2) is 59.7 Å². The first-order valence-electron chi connectivity index (χ1n) is 17.1. The van der Waals surface area contributed by atoms with Crippen LogP contribution in [-0.2, 0) is 14.3 Å². The number of allylic oxidation sites excluding steroid dienone is 2. The molecule has 0 radical (unpaired) electrons. The van der Waals surface area contributed by atoms with Crippen molar-refractivity contribution in [2.24, 2.45) is 5.41 Å². The van der Waals surface area contributed by atoms with Crippen molar-refractivity contribution in [2.45, 2.75) is 106 Å². The molecule has 0 spiro atoms. The van der Waals surface area contributed by atoms with Gasteiger partial charge in [-0.05, 0) is 89.6 Å². The Morgan fingerprint density at radius 3 is 2.57 bits per heavy atom. The van der Waals surface area contributed by atoms with E-state index in [0.717, 1.165) is 63.2 Å². The van der Waals surface area contributed by atoms with Gasteiger partial charge in [-0.15, -0.1) is 0 Å². The fourth-order valence-electron chi connectivity index (χ4n) is 5.50. The molecule has 4 rings (SSSR count). The van der Waals surface area contributed by atoms with Crippen LogP contribution in [0.25, 0.3) is 0 Å². The van der Waals surface area contributed by atoms with E-state index < -0.39 is 0 Å². The maximum atomic E-state index is 13.0. The maximum Gasteiger partial charge on any atom is 0.251 e. The molecular weight excluding hydrogens is 578 g/mol. The number of anilines is 2. The molecule has 254 valence electrons. The van der Waals surface area contributed by atoms with Gasteiger partial charge in [-0.1, -0.05) is 46.3 Å². The third kappa shape index (κ3) is 11.7. The van der Waals surface area contributed by atoms with Gasteiger partial charge in [0.2, 0.25) is 5.91 Å². The van der Waals surface area contributed by atoms with Gasteiger partial charge in [-0.25, -0.2) is 0 Å². The number of amides is 2. The van der Waals surface area contributed by atoms with E-state index in [2.05, 4.69) is 78.4 Å². The van der Waals surface area contributed by atoms with Crippen LogP contribution in [-0.4, -0.2) is 76.6 Å². The van der Waals surface area contributed by atoms with Crippen molar-refractivity contribution in [1.82, 2.24) is 14.8 Å². The van der Waals surface area contributed by atoms with Gasteiger partial charge in [0.05, 0.1) is 29.9 Å². The van der Waals surface area contributed by atoms with Crippen LogP contribution < -0.4 is 10.6 Å². The summed E-state index contributed by atoms with van der Waals surface area (Å²) < 4.78 is 5.91. The number of likely N-dealkylation sites (tertiary alicyclic amines) is 1. The molecule has 0 aromatic carbocycles. The summed E-state index contributed by atoms with van der Waals surface area (Å²) >= 11 is 0. The monoisotopic (exact) mass is 635 g/mol. The van der Waals surface area contributed by atoms with Crippen molar-refractivity contribution in [3.8, 4) is 0 Å². The molecule has 2 unspecified atom stereocenters. The average Bonchev–Trinajstić information content (AvgIpc) is 3.03. The zero-order valence-electron chi connectivity index (χ0n) is 29.2. The van der Waals surface area contributed by atoms with Crippen LogP contribution in [0.2, 0.25) is 0 Å². The Balaban J connectivity index is 0.00000185. The van der Waals surface area contributed by atoms with Crippen LogP contribution in [0.3, 0.4) is 0 Å². The Labute approximate surface area is 276 Å². The molecule has 3 aliphatic rings. The van der Waals surface area contributed by atoms with Gasteiger partial charge in [0.15, 0.2) is 0 Å². The number of aliphatic hydroxyl groups is 1. The summed E-state index contributed by atoms with van der Waals surface area (Å²) in [5.74, 6) is 0.602. The first-order chi connectivity index (χ1) is 21.9. The minimum atomic E-state index is -0.189. The second kappa shape index (κ2) is 18.0. The Bertz CT molecular complexity index is 1290. The highest BCUT2D eigenvalue weighted by atomic mass is 16.5. The van der Waals surface area contributed by atoms with E-state index in [0.29, 0.717) is 40.9 Å². The van der Waals surface area contributed by atoms with Crippen molar-refractivity contribution in [1.29, 1.82) is 0 Å². The first-order valence-corrected chi connectivity index (χ1v) is 17.1. The molecule has 2 atom stereocenters. The van der Waals surface area contributed by atoms with Gasteiger partial charge in [0.1, 0.15) is 11.9 Å². The van der Waals surface area contributed by atoms with Gasteiger partial charge >= 0.3 is 0 Å². The van der Waals surface area contributed by atoms with Crippen LogP contribution >= 0.6 is 0 Å². The van der Waals surface area contributed by atoms with Crippen LogP contribution in [0.5, 0.6) is 0 Å². The summed E-state index contributed by atoms with van der Waals surface area (Å²) in [4.78, 5) is 34.5. The summed E-state index contributed by atoms with van der Waals surface area (Å²) in [6.07, 6.45) is 18.3. The number of ether oxygens (including phenoxy) is 1. The largest absolute Gasteiger partial charge is 0.488 e. The standard InChI is InChI=1S/C34H49N5O4.C3H8/c1-24(8-7-15-39-17-11-27(20-25(39)2)31-10-6-9-29(23-40)43-31)33(42)37-30-21-28(22-35-26(30)3)36-32(41)12-16-38-18-13-34(4,5)14-19-38;1-3-2/h8,10-11,17,20-22,25,29,40H,6-7,9,12-16,18-19,23H2,1-5H3,(H,36,41)(H,37,42);3H2,1-2H3. The summed E-state index contributed by atoms with van der Waals surface area (Å²) in [7, 11) is 0. The number of aliphatic hydroxyl groups excluding tert-OH is 1. The number of carbonyl (C=O) groups excluding carboxylic acids is 2. The van der Waals surface area contributed by atoms with E-state index in [1.165, 1.54) is 6.42 Å². The third-order valence-corrected chi connectivity index (χ3v) is 8.67. The highest BCUT2D eigenvalue weighted by molar-refractivity contribution is 6.04. The van der Waals surface area contributed by atoms with Gasteiger partial charge in [-0.3, -0.25) is 14.6 Å². The molecule has 2 amide bonds. The van der Waals surface area contributed by atoms with E-state index in [1.807, 2.05) is 26.0 Å². The first kappa shape index (κ1) is 37.0. The number of piperidine rings is 1. The number of pyridine rings is 1. The smallest absolute Gasteiger partial charge is 0.251 e. The fourth-order valence-corrected chi connectivity index (χ4v) is 5.50. The molecule has 1 aromatic heterocycles. The van der Waals surface area contributed by atoms with E-state index >= 15 is 0 Å². The van der Waals surface area contributed by atoms with Crippen LogP contribution in [0, 0.1) is 12.3 Å². The van der Waals surface area contributed by atoms with Crippen molar-refractivity contribution >= 4 is 23.2 Å². The van der Waals surface area contributed by atoms with Crippen molar-refractivity contribution in [2.75, 3.05) is 43.4 Å². The zero-order valence-corrected chi connectivity index (χ0v) is 29.2. The van der Waals surface area contributed by atoms with Gasteiger partial charge in [0, 0.05) is 42.9 Å². The molecule has 1 saturated heterocycles. The molecule has 9 nitrogen and oxygen atoms in total. The minimum absolute atomic E-state index is 0.0330. The Hall–Kier alpha value is -3.43. The number of aromatic nitrogens is 1. The van der Waals surface area contributed by atoms with Gasteiger partial charge in [0.25, 0.3) is 5.91 Å². The van der Waals surface area contributed by atoms with Crippen LogP contribution in [0.1, 0.15) is 92.2 Å². The average molecular weight is 636 g/mol. The SMILES string of the molecule is CC(=CCCN1C=CC(C2=CCCC(CO)O2)=CC1C)C(=O)Nc1cc(NC(=O)CCN2CCC(C)(C)CC2)cnc1C.CCC. The maximum absolute atomic E-state index is 13.0. The third-order valence-electron chi connectivity index (χ3n) is 8.67. The molecule has 0 aliphatic carbocycles. The van der Waals surface area contributed by atoms with E-state index in [1.54, 1.807) is 12.3 Å². The number of nitrogens with one attached hydrogen (secondary N) is 2. The number of hydrogen-bond donors (Lipinski definition) is 3. The lowest BCUT2D eigenvalue weighted by atomic mass is 9.83. The second-order valence-electron chi connectivity index (χ2n) is 13.5. The second-order valence-corrected chi connectivity index (χ2v) is 13.5. The van der Waals surface area contributed by atoms with Crippen molar-refractivity contribution < 1.29 is 19.4 Å². The van der Waals surface area contributed by atoms with E-state index in [9.17, 15) is 14.7 Å². The summed E-state index contributed by atoms with van der Waals surface area (Å²) in [6.45, 7) is 18.2. The summed E-state index contributed by atoms with van der Waals surface area (Å²) in [6, 6.07) is 1.95. The molecule has 1 fully saturated rings. The summed E-state index contributed by atoms with van der Waals surface area (Å²) in [5, 5.41) is 15.3. The molecule has 4 heterocycles. The fraction of sp³-hybridized carbons (Fsp3) is 0.595. The molecule has 9 heteroatoms. The normalized spacial score (nSPS) is 21.3. The van der Waals surface area contributed by atoms with Gasteiger partial charge < -0.3 is 30.3 Å². The van der Waals surface area contributed by atoms with Crippen molar-refractivity contribution in [3.05, 3.63) is 65.4 Å². The Morgan fingerprint density at radius 1 is 1.17 bits per heavy atom. The molecule has 3 aliphatic heterocycles. The number of rotatable bonds is 11. The number of hydrogen-bond acceptors (Lipinski definition) is 7. The predicted octanol–water partition coefficient (Wildman–Crippen LogP) is 6.73. The Kier molecular flexibility index (Phi) is 14.5. The molecule has 3 N–H and O–H groups in total. The minimum Gasteiger partial charge on any atom is -0.488 e. The van der Waals surface area contributed by atoms with Crippen LogP contribution in [0.4, 0.5) is 11.4 Å². The Morgan fingerprint density at radius 2 is 1.89 bits per heavy atom. The van der Waals surface area contributed by atoms with Crippen molar-refractivity contribution in [3.63, 3.8) is 0 Å². The lowest BCUT2D eigenvalue weighted by Crippen LogP contribution is -2.38. The molecule has 46 heavy (non-hydrogen) atoms. The lowest BCUT2D eigenvalue weighted by molar-refractivity contribution is -0.116. The lowest BCUT2D eigenvalue weighted by Gasteiger charge is -2.36. The molecular formula is C37H57N5O4. The molecule has 0 bridgehead atoms. The number of aryl methyl sites for hydroxylation is 1. The number of nitrogens with zero attached hydrogens (tertiary/aromatic N) is 3. The molecule has 1 aromatic rings. The number of carbonyl (C=O) groups is 2. The highest BCUT2D eigenvalue weighted by Crippen LogP contribution is 2.30. The van der Waals surface area contributed by atoms with Gasteiger partial charge in [-0.2, -0.15) is 0 Å². The molecule has 0 saturated carbocycles. The predicted molar refractivity (Wildman–Crippen MR) is 187 cm³/mol. The highest BCUT2D eigenvalue weighted by Gasteiger charge is 2.25. The zero-order chi connectivity index (χ0) is 33.7. The quantitative estimate of drug-likeness (QED) is 0.232. The van der Waals surface area contributed by atoms with E-state index in [4.69, 9.17) is 4.74 Å². The van der Waals surface area contributed by atoms with E-state index in [-0.39, 0.29) is 30.6 Å².